The summed E-state index contributed by atoms with van der Waals surface area (Å²) in [6.07, 6.45) is 1.94. The standard InChI is InChI=1S/C18H36O4/c1-9-13(2)15(19)22-12-16(3,4)10-14(18(7,8)21)11-17(5,6)20/h13-14,20-21H,9-12H2,1-8H3. The van der Waals surface area contributed by atoms with Crippen molar-refractivity contribution in [1.82, 2.24) is 0 Å². The molecular weight excluding hydrogens is 280 g/mol. The van der Waals surface area contributed by atoms with Crippen molar-refractivity contribution in [2.24, 2.45) is 17.3 Å². The molecule has 2 atom stereocenters. The number of esters is 1. The van der Waals surface area contributed by atoms with E-state index in [0.717, 1.165) is 6.42 Å². The van der Waals surface area contributed by atoms with Gasteiger partial charge in [0.25, 0.3) is 0 Å². The highest BCUT2D eigenvalue weighted by atomic mass is 16.5. The van der Waals surface area contributed by atoms with Gasteiger partial charge >= 0.3 is 5.97 Å². The zero-order valence-electron chi connectivity index (χ0n) is 15.7. The maximum absolute atomic E-state index is 11.8. The van der Waals surface area contributed by atoms with Gasteiger partial charge in [-0.05, 0) is 58.3 Å². The van der Waals surface area contributed by atoms with Crippen LogP contribution in [0.2, 0.25) is 0 Å². The van der Waals surface area contributed by atoms with Crippen LogP contribution in [-0.4, -0.2) is 34.0 Å². The lowest BCUT2D eigenvalue weighted by atomic mass is 9.73. The molecule has 132 valence electrons. The molecule has 0 saturated heterocycles. The van der Waals surface area contributed by atoms with Crippen LogP contribution in [0.1, 0.15) is 74.7 Å². The molecule has 2 unspecified atom stereocenters. The third-order valence-electron chi connectivity index (χ3n) is 4.16. The first-order valence-corrected chi connectivity index (χ1v) is 8.29. The van der Waals surface area contributed by atoms with Crippen LogP contribution < -0.4 is 0 Å². The highest BCUT2D eigenvalue weighted by molar-refractivity contribution is 5.71. The van der Waals surface area contributed by atoms with Crippen LogP contribution in [0.15, 0.2) is 0 Å². The number of aliphatic hydroxyl groups is 2. The molecule has 0 aliphatic rings. The summed E-state index contributed by atoms with van der Waals surface area (Å²) >= 11 is 0. The first-order chi connectivity index (χ1) is 9.68. The molecule has 0 spiro atoms. The van der Waals surface area contributed by atoms with E-state index < -0.39 is 11.2 Å². The van der Waals surface area contributed by atoms with Crippen LogP contribution in [0.5, 0.6) is 0 Å². The zero-order chi connectivity index (χ0) is 17.8. The summed E-state index contributed by atoms with van der Waals surface area (Å²) in [6.45, 7) is 15.3. The van der Waals surface area contributed by atoms with Crippen LogP contribution in [0.25, 0.3) is 0 Å². The van der Waals surface area contributed by atoms with Crippen molar-refractivity contribution in [3.05, 3.63) is 0 Å². The van der Waals surface area contributed by atoms with E-state index in [1.807, 2.05) is 27.7 Å². The first-order valence-electron chi connectivity index (χ1n) is 8.29. The van der Waals surface area contributed by atoms with Crippen molar-refractivity contribution in [3.63, 3.8) is 0 Å². The molecule has 2 N–H and O–H groups in total. The molecule has 0 aromatic rings. The fourth-order valence-corrected chi connectivity index (χ4v) is 2.48. The minimum atomic E-state index is -0.891. The van der Waals surface area contributed by atoms with Crippen LogP contribution in [0.4, 0.5) is 0 Å². The number of ether oxygens (including phenoxy) is 1. The Morgan fingerprint density at radius 2 is 1.55 bits per heavy atom. The maximum Gasteiger partial charge on any atom is 0.308 e. The van der Waals surface area contributed by atoms with Crippen molar-refractivity contribution in [3.8, 4) is 0 Å². The Bertz CT molecular complexity index is 347. The van der Waals surface area contributed by atoms with Gasteiger partial charge in [0.2, 0.25) is 0 Å². The Morgan fingerprint density at radius 3 is 1.91 bits per heavy atom. The van der Waals surface area contributed by atoms with Gasteiger partial charge in [-0.15, -0.1) is 0 Å². The quantitative estimate of drug-likeness (QED) is 0.639. The number of hydrogen-bond acceptors (Lipinski definition) is 4. The van der Waals surface area contributed by atoms with Gasteiger partial charge in [-0.3, -0.25) is 4.79 Å². The molecule has 0 aromatic heterocycles. The van der Waals surface area contributed by atoms with E-state index in [-0.39, 0.29) is 23.2 Å². The molecule has 0 heterocycles. The predicted octanol–water partition coefficient (Wildman–Crippen LogP) is 3.54. The Hall–Kier alpha value is -0.610. The summed E-state index contributed by atoms with van der Waals surface area (Å²) in [4.78, 5) is 11.8. The lowest BCUT2D eigenvalue weighted by Crippen LogP contribution is -2.40. The van der Waals surface area contributed by atoms with Gasteiger partial charge in [-0.2, -0.15) is 0 Å². The van der Waals surface area contributed by atoms with Crippen molar-refractivity contribution in [1.29, 1.82) is 0 Å². The summed E-state index contributed by atoms with van der Waals surface area (Å²) < 4.78 is 5.42. The van der Waals surface area contributed by atoms with Gasteiger partial charge in [-0.1, -0.05) is 27.7 Å². The largest absolute Gasteiger partial charge is 0.465 e. The number of carbonyl (C=O) groups is 1. The maximum atomic E-state index is 11.8. The number of rotatable bonds is 9. The molecular formula is C18H36O4. The highest BCUT2D eigenvalue weighted by Gasteiger charge is 2.36. The minimum absolute atomic E-state index is 0.0789. The van der Waals surface area contributed by atoms with Crippen LogP contribution in [0.3, 0.4) is 0 Å². The molecule has 4 nitrogen and oxygen atoms in total. The van der Waals surface area contributed by atoms with Crippen LogP contribution in [-0.2, 0) is 9.53 Å². The van der Waals surface area contributed by atoms with E-state index in [1.165, 1.54) is 0 Å². The van der Waals surface area contributed by atoms with Crippen molar-refractivity contribution in [2.45, 2.75) is 85.9 Å². The Balaban J connectivity index is 4.78. The molecule has 0 aromatic carbocycles. The van der Waals surface area contributed by atoms with Gasteiger partial charge in [0.1, 0.15) is 0 Å². The molecule has 0 aliphatic heterocycles. The lowest BCUT2D eigenvalue weighted by molar-refractivity contribution is -0.152. The van der Waals surface area contributed by atoms with Gasteiger partial charge in [0.05, 0.1) is 23.7 Å². The van der Waals surface area contributed by atoms with Gasteiger partial charge in [-0.25, -0.2) is 0 Å². The average molecular weight is 316 g/mol. The smallest absolute Gasteiger partial charge is 0.308 e. The van der Waals surface area contributed by atoms with Crippen molar-refractivity contribution >= 4 is 5.97 Å². The molecule has 22 heavy (non-hydrogen) atoms. The lowest BCUT2D eigenvalue weighted by Gasteiger charge is -2.38. The normalized spacial score (nSPS) is 16.3. The second kappa shape index (κ2) is 7.78. The van der Waals surface area contributed by atoms with Gasteiger partial charge in [0, 0.05) is 0 Å². The summed E-state index contributed by atoms with van der Waals surface area (Å²) in [5, 5.41) is 20.5. The molecule has 4 heteroatoms. The molecule has 0 aliphatic carbocycles. The van der Waals surface area contributed by atoms with Crippen LogP contribution in [0, 0.1) is 17.3 Å². The molecule has 0 saturated carbocycles. The van der Waals surface area contributed by atoms with E-state index in [1.54, 1.807) is 27.7 Å². The van der Waals surface area contributed by atoms with Crippen molar-refractivity contribution < 1.29 is 19.7 Å². The van der Waals surface area contributed by atoms with Crippen molar-refractivity contribution in [2.75, 3.05) is 6.61 Å². The Kier molecular flexibility index (Phi) is 7.56. The topological polar surface area (TPSA) is 66.8 Å². The fourth-order valence-electron chi connectivity index (χ4n) is 2.48. The fraction of sp³-hybridized carbons (Fsp3) is 0.944. The SMILES string of the molecule is CCC(C)C(=O)OCC(C)(C)CC(CC(C)(C)O)C(C)(C)O. The molecule has 0 fully saturated rings. The Labute approximate surface area is 136 Å². The summed E-state index contributed by atoms with van der Waals surface area (Å²) in [7, 11) is 0. The first kappa shape index (κ1) is 21.4. The summed E-state index contributed by atoms with van der Waals surface area (Å²) in [5.74, 6) is -0.333. The van der Waals surface area contributed by atoms with Crippen LogP contribution >= 0.6 is 0 Å². The second-order valence-corrected chi connectivity index (χ2v) is 8.65. The van der Waals surface area contributed by atoms with E-state index >= 15 is 0 Å². The molecule has 0 rings (SSSR count). The second-order valence-electron chi connectivity index (χ2n) is 8.65. The third-order valence-corrected chi connectivity index (χ3v) is 4.16. The average Bonchev–Trinajstić information content (AvgIpc) is 2.31. The van der Waals surface area contributed by atoms with E-state index in [9.17, 15) is 15.0 Å². The van der Waals surface area contributed by atoms with Gasteiger partial charge < -0.3 is 14.9 Å². The van der Waals surface area contributed by atoms with E-state index in [4.69, 9.17) is 4.74 Å². The highest BCUT2D eigenvalue weighted by Crippen LogP contribution is 2.36. The van der Waals surface area contributed by atoms with E-state index in [0.29, 0.717) is 19.4 Å². The molecule has 0 bridgehead atoms. The Morgan fingerprint density at radius 1 is 1.05 bits per heavy atom. The predicted molar refractivity (Wildman–Crippen MR) is 89.5 cm³/mol. The number of carbonyl (C=O) groups excluding carboxylic acids is 1. The summed E-state index contributed by atoms with van der Waals surface area (Å²) in [5.41, 5.74) is -1.98. The summed E-state index contributed by atoms with van der Waals surface area (Å²) in [6, 6.07) is 0. The third kappa shape index (κ3) is 8.74. The van der Waals surface area contributed by atoms with E-state index in [2.05, 4.69) is 0 Å². The zero-order valence-corrected chi connectivity index (χ0v) is 15.7. The monoisotopic (exact) mass is 316 g/mol. The molecule has 0 radical (unpaired) electrons. The minimum Gasteiger partial charge on any atom is -0.465 e. The van der Waals surface area contributed by atoms with Gasteiger partial charge in [0.15, 0.2) is 0 Å². The molecule has 0 amide bonds. The number of hydrogen-bond donors (Lipinski definition) is 2.